The highest BCUT2D eigenvalue weighted by atomic mass is 16.7. The van der Waals surface area contributed by atoms with Crippen LogP contribution in [0, 0.1) is 6.92 Å². The zero-order valence-corrected chi connectivity index (χ0v) is 18.0. The third-order valence-corrected chi connectivity index (χ3v) is 4.28. The fourth-order valence-electron chi connectivity index (χ4n) is 3.10. The van der Waals surface area contributed by atoms with Crippen molar-refractivity contribution in [3.05, 3.63) is 29.8 Å². The maximum absolute atomic E-state index is 11.8. The first-order valence-corrected chi connectivity index (χ1v) is 9.61. The fourth-order valence-corrected chi connectivity index (χ4v) is 3.10. The number of para-hydroxylation sites is 1. The molecule has 1 aromatic rings. The zero-order valence-electron chi connectivity index (χ0n) is 18.0. The first kappa shape index (κ1) is 24.1. The summed E-state index contributed by atoms with van der Waals surface area (Å²) in [5.74, 6) is -2.25. The molecule has 10 nitrogen and oxygen atoms in total. The summed E-state index contributed by atoms with van der Waals surface area (Å²) in [7, 11) is 0. The molecule has 1 fully saturated rings. The average molecular weight is 438 g/mol. The van der Waals surface area contributed by atoms with Gasteiger partial charge in [-0.3, -0.25) is 19.2 Å². The van der Waals surface area contributed by atoms with Crippen LogP contribution in [0.3, 0.4) is 0 Å². The molecule has 1 heterocycles. The molecule has 1 saturated heterocycles. The fraction of sp³-hybridized carbons (Fsp3) is 0.524. The summed E-state index contributed by atoms with van der Waals surface area (Å²) in [6, 6.07) is 7.05. The van der Waals surface area contributed by atoms with E-state index < -0.39 is 54.6 Å². The van der Waals surface area contributed by atoms with Gasteiger partial charge in [-0.25, -0.2) is 0 Å². The van der Waals surface area contributed by atoms with Gasteiger partial charge in [-0.2, -0.15) is 0 Å². The molecular weight excluding hydrogens is 412 g/mol. The van der Waals surface area contributed by atoms with Gasteiger partial charge in [-0.1, -0.05) is 18.2 Å². The Morgan fingerprint density at radius 3 is 1.90 bits per heavy atom. The number of carbonyl (C=O) groups excluding carboxylic acids is 4. The Kier molecular flexibility index (Phi) is 8.38. The topological polar surface area (TPSA) is 124 Å². The van der Waals surface area contributed by atoms with Crippen LogP contribution in [0.2, 0.25) is 0 Å². The quantitative estimate of drug-likeness (QED) is 0.456. The molecule has 31 heavy (non-hydrogen) atoms. The normalized spacial score (nSPS) is 25.1. The van der Waals surface area contributed by atoms with E-state index in [0.29, 0.717) is 5.75 Å². The Hall–Kier alpha value is -3.14. The van der Waals surface area contributed by atoms with Crippen LogP contribution in [-0.2, 0) is 42.9 Å². The number of aryl methyl sites for hydroxylation is 1. The predicted octanol–water partition coefficient (Wildman–Crippen LogP) is 1.46. The van der Waals surface area contributed by atoms with Crippen molar-refractivity contribution in [2.75, 3.05) is 6.61 Å². The van der Waals surface area contributed by atoms with Crippen LogP contribution in [0.5, 0.6) is 5.75 Å². The molecule has 5 atom stereocenters. The number of rotatable bonds is 7. The molecule has 170 valence electrons. The summed E-state index contributed by atoms with van der Waals surface area (Å²) >= 11 is 0. The Labute approximate surface area is 179 Å². The average Bonchev–Trinajstić information content (AvgIpc) is 2.65. The Morgan fingerprint density at radius 2 is 1.35 bits per heavy atom. The van der Waals surface area contributed by atoms with E-state index in [9.17, 15) is 19.2 Å². The summed E-state index contributed by atoms with van der Waals surface area (Å²) in [5, 5.41) is 0. The van der Waals surface area contributed by atoms with Gasteiger partial charge in [-0.15, -0.1) is 0 Å². The highest BCUT2D eigenvalue weighted by Crippen LogP contribution is 2.31. The summed E-state index contributed by atoms with van der Waals surface area (Å²) in [6.45, 7) is 6.18. The van der Waals surface area contributed by atoms with Crippen molar-refractivity contribution in [1.82, 2.24) is 0 Å². The molecule has 10 heteroatoms. The van der Waals surface area contributed by atoms with Gasteiger partial charge in [0, 0.05) is 27.7 Å². The Bertz CT molecular complexity index is 820. The molecule has 0 radical (unpaired) electrons. The minimum atomic E-state index is -1.27. The number of esters is 4. The molecule has 0 aliphatic carbocycles. The van der Waals surface area contributed by atoms with E-state index in [0.717, 1.165) is 19.4 Å². The third-order valence-electron chi connectivity index (χ3n) is 4.28. The lowest BCUT2D eigenvalue weighted by atomic mass is 9.98. The second-order valence-corrected chi connectivity index (χ2v) is 6.95. The van der Waals surface area contributed by atoms with Gasteiger partial charge in [0.05, 0.1) is 0 Å². The van der Waals surface area contributed by atoms with E-state index in [1.165, 1.54) is 13.8 Å². The van der Waals surface area contributed by atoms with Gasteiger partial charge in [0.25, 0.3) is 0 Å². The molecule has 0 bridgehead atoms. The van der Waals surface area contributed by atoms with Crippen LogP contribution in [0.4, 0.5) is 0 Å². The van der Waals surface area contributed by atoms with E-state index in [4.69, 9.17) is 28.4 Å². The van der Waals surface area contributed by atoms with Crippen LogP contribution in [0.1, 0.15) is 33.3 Å². The van der Waals surface area contributed by atoms with Crippen molar-refractivity contribution >= 4 is 23.9 Å². The molecule has 0 spiro atoms. The highest BCUT2D eigenvalue weighted by Gasteiger charge is 2.53. The molecule has 1 aliphatic rings. The molecule has 0 N–H and O–H groups in total. The molecule has 1 aromatic carbocycles. The lowest BCUT2D eigenvalue weighted by Gasteiger charge is -2.44. The van der Waals surface area contributed by atoms with Crippen molar-refractivity contribution in [3.8, 4) is 5.75 Å². The number of hydrogen-bond acceptors (Lipinski definition) is 10. The van der Waals surface area contributed by atoms with Crippen molar-refractivity contribution in [2.45, 2.75) is 65.3 Å². The number of hydrogen-bond donors (Lipinski definition) is 0. The minimum Gasteiger partial charge on any atom is -0.463 e. The van der Waals surface area contributed by atoms with Crippen LogP contribution in [-0.4, -0.2) is 61.2 Å². The minimum absolute atomic E-state index is 0.314. The van der Waals surface area contributed by atoms with Gasteiger partial charge < -0.3 is 28.4 Å². The van der Waals surface area contributed by atoms with Crippen molar-refractivity contribution < 1.29 is 47.6 Å². The summed E-state index contributed by atoms with van der Waals surface area (Å²) in [5.41, 5.74) is 0.773. The van der Waals surface area contributed by atoms with Crippen molar-refractivity contribution in [2.24, 2.45) is 0 Å². The van der Waals surface area contributed by atoms with Crippen LogP contribution in [0.25, 0.3) is 0 Å². The SMILES string of the molecule is CC(=O)OC[C@@H]1O[C@H](Oc2ccccc2C)[C@@H](OC(C)=O)[C@H](OC(C)=O)[C@H]1OC(C)=O. The first-order valence-electron chi connectivity index (χ1n) is 9.61. The van der Waals surface area contributed by atoms with Crippen molar-refractivity contribution in [1.29, 1.82) is 0 Å². The monoisotopic (exact) mass is 438 g/mol. The van der Waals surface area contributed by atoms with Gasteiger partial charge >= 0.3 is 23.9 Å². The number of benzene rings is 1. The van der Waals surface area contributed by atoms with Crippen LogP contribution >= 0.6 is 0 Å². The summed E-state index contributed by atoms with van der Waals surface area (Å²) < 4.78 is 32.9. The Morgan fingerprint density at radius 1 is 0.806 bits per heavy atom. The second kappa shape index (κ2) is 10.8. The molecule has 0 unspecified atom stereocenters. The van der Waals surface area contributed by atoms with Gasteiger partial charge in [-0.05, 0) is 18.6 Å². The predicted molar refractivity (Wildman–Crippen MR) is 104 cm³/mol. The number of ether oxygens (including phenoxy) is 6. The first-order chi connectivity index (χ1) is 14.6. The maximum Gasteiger partial charge on any atom is 0.303 e. The smallest absolute Gasteiger partial charge is 0.303 e. The van der Waals surface area contributed by atoms with E-state index in [-0.39, 0.29) is 6.61 Å². The van der Waals surface area contributed by atoms with E-state index in [1.807, 2.05) is 6.07 Å². The third kappa shape index (κ3) is 6.95. The zero-order chi connectivity index (χ0) is 23.1. The van der Waals surface area contributed by atoms with Gasteiger partial charge in [0.15, 0.2) is 12.2 Å². The highest BCUT2D eigenvalue weighted by molar-refractivity contribution is 5.68. The molecule has 0 amide bonds. The summed E-state index contributed by atoms with van der Waals surface area (Å²) in [4.78, 5) is 46.6. The van der Waals surface area contributed by atoms with E-state index >= 15 is 0 Å². The standard InChI is InChI=1S/C21H26O10/c1-11-8-6-7-9-16(11)30-21-20(29-15(5)25)19(28-14(4)24)18(27-13(3)23)17(31-21)10-26-12(2)22/h6-9,17-21H,10H2,1-5H3/t17-,18-,19+,20-,21-/m0/s1. The van der Waals surface area contributed by atoms with Crippen LogP contribution in [0.15, 0.2) is 24.3 Å². The van der Waals surface area contributed by atoms with E-state index in [1.54, 1.807) is 25.1 Å². The molecule has 1 aliphatic heterocycles. The molecule has 0 aromatic heterocycles. The van der Waals surface area contributed by atoms with Gasteiger partial charge in [0.2, 0.25) is 12.4 Å². The largest absolute Gasteiger partial charge is 0.463 e. The molecular formula is C21H26O10. The lowest BCUT2D eigenvalue weighted by molar-refractivity contribution is -0.288. The van der Waals surface area contributed by atoms with Crippen molar-refractivity contribution in [3.63, 3.8) is 0 Å². The van der Waals surface area contributed by atoms with E-state index in [2.05, 4.69) is 0 Å². The molecule has 0 saturated carbocycles. The second-order valence-electron chi connectivity index (χ2n) is 6.95. The lowest BCUT2D eigenvalue weighted by Crippen LogP contribution is -2.63. The van der Waals surface area contributed by atoms with Gasteiger partial charge in [0.1, 0.15) is 18.5 Å². The Balaban J connectivity index is 2.46. The summed E-state index contributed by atoms with van der Waals surface area (Å²) in [6.07, 6.45) is -6.06. The maximum atomic E-state index is 11.8. The number of carbonyl (C=O) groups is 4. The molecule has 2 rings (SSSR count). The van der Waals surface area contributed by atoms with Crippen LogP contribution < -0.4 is 4.74 Å².